The zero-order chi connectivity index (χ0) is 30.6. The number of rotatable bonds is 6. The van der Waals surface area contributed by atoms with E-state index >= 15 is 0 Å². The molecule has 4 heterocycles. The van der Waals surface area contributed by atoms with E-state index in [2.05, 4.69) is 83.0 Å². The van der Waals surface area contributed by atoms with Crippen LogP contribution in [-0.4, -0.2) is 95.9 Å². The summed E-state index contributed by atoms with van der Waals surface area (Å²) in [7, 11) is 2.13. The minimum absolute atomic E-state index is 0.182. The lowest BCUT2D eigenvalue weighted by Crippen LogP contribution is -2.55. The summed E-state index contributed by atoms with van der Waals surface area (Å²) >= 11 is 0. The maximum Gasteiger partial charge on any atom is 0.318 e. The zero-order valence-electron chi connectivity index (χ0n) is 25.5. The summed E-state index contributed by atoms with van der Waals surface area (Å²) in [4.78, 5) is 31.3. The molecule has 3 aliphatic heterocycles. The second kappa shape index (κ2) is 13.1. The number of hydrogen-bond donors (Lipinski definition) is 1. The monoisotopic (exact) mass is 593 g/mol. The minimum atomic E-state index is -0.378. The van der Waals surface area contributed by atoms with Crippen LogP contribution in [0.3, 0.4) is 0 Å². The summed E-state index contributed by atoms with van der Waals surface area (Å²) in [5.41, 5.74) is 4.49. The van der Waals surface area contributed by atoms with Crippen LogP contribution in [0.2, 0.25) is 0 Å². The second-order valence-electron chi connectivity index (χ2n) is 11.9. The Labute approximate surface area is 258 Å². The standard InChI is InChI=1S/C34H39N7O3/c1-24-7-3-8-25-9-4-11-30(32(24)25)39-17-14-28-29(22-39)36-34(44-23-27-10-5-16-38(27)2)37-33(28)40-18-19-41(26(21-40)13-15-35)31(43)12-6-20-42/h3-4,7-9,11,26-27,42H,5,10,13-14,16-23H2,1-2H3/t26-,27-/m0/s1. The number of aryl methyl sites for hydroxylation is 1. The van der Waals surface area contributed by atoms with Crippen molar-refractivity contribution in [1.29, 1.82) is 5.26 Å². The van der Waals surface area contributed by atoms with Crippen LogP contribution < -0.4 is 14.5 Å². The van der Waals surface area contributed by atoms with E-state index in [-0.39, 0.29) is 25.0 Å². The predicted molar refractivity (Wildman–Crippen MR) is 169 cm³/mol. The molecular formula is C34H39N7O3. The maximum absolute atomic E-state index is 12.8. The second-order valence-corrected chi connectivity index (χ2v) is 11.9. The lowest BCUT2D eigenvalue weighted by molar-refractivity contribution is -0.127. The Bertz CT molecular complexity index is 1640. The molecule has 0 unspecified atom stereocenters. The number of ether oxygens (including phenoxy) is 1. The normalized spacial score (nSPS) is 20.2. The Kier molecular flexibility index (Phi) is 8.83. The van der Waals surface area contributed by atoms with Gasteiger partial charge in [0.1, 0.15) is 19.0 Å². The number of benzene rings is 2. The van der Waals surface area contributed by atoms with Crippen molar-refractivity contribution in [2.75, 3.05) is 62.8 Å². The Hall–Kier alpha value is -4.38. The predicted octanol–water partition coefficient (Wildman–Crippen LogP) is 2.90. The number of likely N-dealkylation sites (tertiary alicyclic amines) is 1. The molecule has 10 nitrogen and oxygen atoms in total. The average Bonchev–Trinajstić information content (AvgIpc) is 3.46. The summed E-state index contributed by atoms with van der Waals surface area (Å²) in [6.45, 7) is 6.25. The fourth-order valence-corrected chi connectivity index (χ4v) is 6.83. The van der Waals surface area contributed by atoms with Crippen LogP contribution in [0.5, 0.6) is 6.01 Å². The van der Waals surface area contributed by atoms with Crippen molar-refractivity contribution >= 4 is 28.2 Å². The number of carbonyl (C=O) groups is 1. The van der Waals surface area contributed by atoms with Crippen LogP contribution in [0.25, 0.3) is 10.8 Å². The topological polar surface area (TPSA) is 109 Å². The molecule has 3 aliphatic rings. The molecule has 2 atom stereocenters. The van der Waals surface area contributed by atoms with Crippen LogP contribution in [0.15, 0.2) is 36.4 Å². The fraction of sp³-hybridized carbons (Fsp3) is 0.471. The fourth-order valence-electron chi connectivity index (χ4n) is 6.83. The quantitative estimate of drug-likeness (QED) is 0.432. The number of piperazine rings is 1. The molecule has 0 spiro atoms. The molecule has 2 aromatic carbocycles. The lowest BCUT2D eigenvalue weighted by atomic mass is 9.99. The average molecular weight is 594 g/mol. The van der Waals surface area contributed by atoms with Gasteiger partial charge in [-0.1, -0.05) is 36.3 Å². The number of carbonyl (C=O) groups excluding carboxylic acids is 1. The van der Waals surface area contributed by atoms with E-state index in [9.17, 15) is 10.1 Å². The third-order valence-electron chi connectivity index (χ3n) is 9.18. The molecule has 0 aliphatic carbocycles. The van der Waals surface area contributed by atoms with Crippen LogP contribution in [-0.2, 0) is 17.8 Å². The molecule has 0 bridgehead atoms. The van der Waals surface area contributed by atoms with E-state index in [4.69, 9.17) is 19.8 Å². The molecule has 3 aromatic rings. The molecule has 2 fully saturated rings. The molecular weight excluding hydrogens is 554 g/mol. The number of likely N-dealkylation sites (N-methyl/N-ethyl adjacent to an activating group) is 1. The van der Waals surface area contributed by atoms with Gasteiger partial charge in [0.15, 0.2) is 0 Å². The van der Waals surface area contributed by atoms with Crippen molar-refractivity contribution in [2.45, 2.75) is 51.2 Å². The Morgan fingerprint density at radius 1 is 1.09 bits per heavy atom. The Morgan fingerprint density at radius 3 is 2.70 bits per heavy atom. The number of amides is 1. The van der Waals surface area contributed by atoms with Crippen LogP contribution in [0, 0.1) is 30.1 Å². The van der Waals surface area contributed by atoms with Crippen molar-refractivity contribution in [3.8, 4) is 23.9 Å². The lowest BCUT2D eigenvalue weighted by Gasteiger charge is -2.41. The van der Waals surface area contributed by atoms with Crippen LogP contribution >= 0.6 is 0 Å². The van der Waals surface area contributed by atoms with Gasteiger partial charge in [-0.25, -0.2) is 0 Å². The van der Waals surface area contributed by atoms with Crippen molar-refractivity contribution in [2.24, 2.45) is 0 Å². The highest BCUT2D eigenvalue weighted by Crippen LogP contribution is 2.36. The molecule has 0 saturated carbocycles. The number of nitrogens with zero attached hydrogens (tertiary/aromatic N) is 7. The Morgan fingerprint density at radius 2 is 1.93 bits per heavy atom. The van der Waals surface area contributed by atoms with E-state index in [0.717, 1.165) is 49.4 Å². The third-order valence-corrected chi connectivity index (χ3v) is 9.18. The summed E-state index contributed by atoms with van der Waals surface area (Å²) < 4.78 is 6.30. The molecule has 1 N–H and O–H groups in total. The van der Waals surface area contributed by atoms with E-state index in [1.807, 2.05) is 0 Å². The molecule has 44 heavy (non-hydrogen) atoms. The summed E-state index contributed by atoms with van der Waals surface area (Å²) in [5.74, 6) is 5.40. The molecule has 228 valence electrons. The van der Waals surface area contributed by atoms with E-state index in [1.165, 1.54) is 22.0 Å². The summed E-state index contributed by atoms with van der Waals surface area (Å²) in [6, 6.07) is 15.5. The molecule has 1 amide bonds. The number of aromatic nitrogens is 2. The molecule has 10 heteroatoms. The third kappa shape index (κ3) is 6.01. The first-order valence-corrected chi connectivity index (χ1v) is 15.4. The zero-order valence-corrected chi connectivity index (χ0v) is 25.5. The number of aliphatic hydroxyl groups excluding tert-OH is 1. The van der Waals surface area contributed by atoms with Crippen molar-refractivity contribution in [3.63, 3.8) is 0 Å². The van der Waals surface area contributed by atoms with Gasteiger partial charge in [-0.2, -0.15) is 15.2 Å². The largest absolute Gasteiger partial charge is 0.462 e. The van der Waals surface area contributed by atoms with Crippen LogP contribution in [0.4, 0.5) is 11.5 Å². The van der Waals surface area contributed by atoms with Crippen molar-refractivity contribution in [3.05, 3.63) is 53.2 Å². The summed E-state index contributed by atoms with van der Waals surface area (Å²) in [5, 5.41) is 21.1. The van der Waals surface area contributed by atoms with Crippen molar-refractivity contribution in [1.82, 2.24) is 19.8 Å². The number of anilines is 2. The molecule has 2 saturated heterocycles. The first-order chi connectivity index (χ1) is 21.5. The van der Waals surface area contributed by atoms with Gasteiger partial charge >= 0.3 is 6.01 Å². The van der Waals surface area contributed by atoms with E-state index < -0.39 is 0 Å². The van der Waals surface area contributed by atoms with Gasteiger partial charge in [0.2, 0.25) is 0 Å². The number of hydrogen-bond acceptors (Lipinski definition) is 9. The smallest absolute Gasteiger partial charge is 0.318 e. The molecule has 0 radical (unpaired) electrons. The van der Waals surface area contributed by atoms with E-state index in [1.54, 1.807) is 4.90 Å². The van der Waals surface area contributed by atoms with Gasteiger partial charge in [-0.05, 0) is 62.7 Å². The highest BCUT2D eigenvalue weighted by atomic mass is 16.5. The van der Waals surface area contributed by atoms with Gasteiger partial charge in [0.25, 0.3) is 5.91 Å². The first-order valence-electron chi connectivity index (χ1n) is 15.4. The number of fused-ring (bicyclic) bond motifs is 2. The highest BCUT2D eigenvalue weighted by molar-refractivity contribution is 5.97. The SMILES string of the molecule is Cc1cccc2cccc(N3CCc4c(nc(OC[C@@H]5CCCN5C)nc4N4CCN(C(=O)C#CCO)[C@@H](CC#N)C4)C3)c12. The van der Waals surface area contributed by atoms with E-state index in [0.29, 0.717) is 44.8 Å². The first kappa shape index (κ1) is 29.7. The van der Waals surface area contributed by atoms with Crippen molar-refractivity contribution < 1.29 is 14.6 Å². The Balaban J connectivity index is 1.33. The molecule has 6 rings (SSSR count). The van der Waals surface area contributed by atoms with Gasteiger partial charge in [0.05, 0.1) is 30.8 Å². The number of nitriles is 1. The highest BCUT2D eigenvalue weighted by Gasteiger charge is 2.34. The maximum atomic E-state index is 12.8. The van der Waals surface area contributed by atoms with Gasteiger partial charge < -0.3 is 29.4 Å². The van der Waals surface area contributed by atoms with Gasteiger partial charge in [-0.3, -0.25) is 4.79 Å². The van der Waals surface area contributed by atoms with Gasteiger partial charge in [0, 0.05) is 48.9 Å². The summed E-state index contributed by atoms with van der Waals surface area (Å²) in [6.07, 6.45) is 3.20. The van der Waals surface area contributed by atoms with Gasteiger partial charge in [-0.15, -0.1) is 0 Å². The van der Waals surface area contributed by atoms with Crippen LogP contribution in [0.1, 0.15) is 36.1 Å². The minimum Gasteiger partial charge on any atom is -0.462 e. The molecule has 1 aromatic heterocycles. The number of aliphatic hydroxyl groups is 1.